The van der Waals surface area contributed by atoms with Gasteiger partial charge in [-0.3, -0.25) is 23.7 Å². The van der Waals surface area contributed by atoms with Crippen LogP contribution in [0.1, 0.15) is 25.1 Å². The fourth-order valence-corrected chi connectivity index (χ4v) is 4.24. The molecule has 30 heavy (non-hydrogen) atoms. The number of nitrogens with one attached hydrogen (secondary N) is 1. The third-order valence-corrected chi connectivity index (χ3v) is 5.62. The van der Waals surface area contributed by atoms with Crippen LogP contribution in [0.2, 0.25) is 0 Å². The van der Waals surface area contributed by atoms with Gasteiger partial charge in [0.2, 0.25) is 17.7 Å². The first kappa shape index (κ1) is 18.3. The van der Waals surface area contributed by atoms with Gasteiger partial charge in [0.15, 0.2) is 0 Å². The largest absolute Gasteiger partial charge is 0.324 e. The molecule has 5 rings (SSSR count). The Morgan fingerprint density at radius 3 is 2.43 bits per heavy atom. The number of rotatable bonds is 4. The minimum absolute atomic E-state index is 0.0607. The Kier molecular flexibility index (Phi) is 4.24. The first-order valence-corrected chi connectivity index (χ1v) is 9.96. The van der Waals surface area contributed by atoms with Crippen LogP contribution in [0.15, 0.2) is 48.5 Å². The van der Waals surface area contributed by atoms with Gasteiger partial charge in [0.25, 0.3) is 0 Å². The van der Waals surface area contributed by atoms with E-state index in [1.165, 1.54) is 4.90 Å². The number of para-hydroxylation sites is 2. The third kappa shape index (κ3) is 2.82. The first-order chi connectivity index (χ1) is 14.5. The van der Waals surface area contributed by atoms with Crippen molar-refractivity contribution in [3.05, 3.63) is 54.4 Å². The van der Waals surface area contributed by atoms with Crippen LogP contribution in [0.4, 0.5) is 5.69 Å². The number of hydrogen-bond acceptors (Lipinski definition) is 4. The Labute approximate surface area is 172 Å². The summed E-state index contributed by atoms with van der Waals surface area (Å²) in [6.07, 6.45) is 0.520. The molecule has 1 aliphatic heterocycles. The predicted molar refractivity (Wildman–Crippen MR) is 114 cm³/mol. The lowest BCUT2D eigenvalue weighted by Crippen LogP contribution is -2.32. The number of aryl methyl sites for hydroxylation is 1. The number of amides is 3. The lowest BCUT2D eigenvalue weighted by atomic mass is 10.1. The number of hydrogen-bond donors (Lipinski definition) is 1. The molecule has 150 valence electrons. The zero-order valence-electron chi connectivity index (χ0n) is 16.5. The smallest absolute Gasteiger partial charge is 0.229 e. The van der Waals surface area contributed by atoms with E-state index < -0.39 is 0 Å². The number of aromatic nitrogens is 2. The number of imide groups is 1. The molecule has 0 unspecified atom stereocenters. The van der Waals surface area contributed by atoms with E-state index in [0.717, 1.165) is 38.8 Å². The minimum atomic E-state index is -0.237. The van der Waals surface area contributed by atoms with Crippen LogP contribution in [-0.4, -0.2) is 38.6 Å². The summed E-state index contributed by atoms with van der Waals surface area (Å²) in [4.78, 5) is 42.3. The van der Waals surface area contributed by atoms with E-state index in [-0.39, 0.29) is 43.5 Å². The highest BCUT2D eigenvalue weighted by molar-refractivity contribution is 6.16. The normalized spacial score (nSPS) is 14.4. The van der Waals surface area contributed by atoms with Gasteiger partial charge in [-0.1, -0.05) is 36.4 Å². The van der Waals surface area contributed by atoms with Crippen LogP contribution >= 0.6 is 0 Å². The molecule has 2 aromatic carbocycles. The summed E-state index contributed by atoms with van der Waals surface area (Å²) in [5, 5.41) is 4.91. The summed E-state index contributed by atoms with van der Waals surface area (Å²) in [5.41, 5.74) is 3.43. The number of benzene rings is 2. The van der Waals surface area contributed by atoms with Gasteiger partial charge in [-0.05, 0) is 19.1 Å². The van der Waals surface area contributed by atoms with E-state index >= 15 is 0 Å². The van der Waals surface area contributed by atoms with Crippen molar-refractivity contribution in [2.75, 3.05) is 11.9 Å². The molecule has 1 N–H and O–H groups in total. The standard InChI is InChI=1S/C23H20N4O3/c1-14-24-17-8-4-2-6-15(17)23-22(16-7-3-5-9-18(16)27(14)23)25-19(28)12-13-26-20(29)10-11-21(26)30/h2-9H,10-13H2,1H3,(H,25,28). The number of nitrogens with zero attached hydrogens (tertiary/aromatic N) is 3. The predicted octanol–water partition coefficient (Wildman–Crippen LogP) is 3.43. The first-order valence-electron chi connectivity index (χ1n) is 9.96. The summed E-state index contributed by atoms with van der Waals surface area (Å²) in [7, 11) is 0. The van der Waals surface area contributed by atoms with Gasteiger partial charge >= 0.3 is 0 Å². The Balaban J connectivity index is 1.58. The fourth-order valence-electron chi connectivity index (χ4n) is 4.24. The highest BCUT2D eigenvalue weighted by atomic mass is 16.2. The van der Waals surface area contributed by atoms with E-state index in [2.05, 4.69) is 9.72 Å². The van der Waals surface area contributed by atoms with Gasteiger partial charge in [-0.15, -0.1) is 0 Å². The third-order valence-electron chi connectivity index (χ3n) is 5.62. The zero-order chi connectivity index (χ0) is 20.8. The molecular formula is C23H20N4O3. The lowest BCUT2D eigenvalue weighted by molar-refractivity contribution is -0.138. The fraction of sp³-hybridized carbons (Fsp3) is 0.217. The second-order valence-corrected chi connectivity index (χ2v) is 7.49. The molecule has 1 fully saturated rings. The molecule has 1 aliphatic rings. The van der Waals surface area contributed by atoms with Crippen molar-refractivity contribution >= 4 is 50.7 Å². The molecule has 0 saturated carbocycles. The number of anilines is 1. The molecule has 0 spiro atoms. The number of carbonyl (C=O) groups is 3. The Morgan fingerprint density at radius 2 is 1.67 bits per heavy atom. The number of likely N-dealkylation sites (tertiary alicyclic amines) is 1. The topological polar surface area (TPSA) is 83.8 Å². The average Bonchev–Trinajstić information content (AvgIpc) is 3.24. The van der Waals surface area contributed by atoms with Gasteiger partial charge in [0.05, 0.1) is 22.2 Å². The summed E-state index contributed by atoms with van der Waals surface area (Å²) in [6.45, 7) is 2.05. The van der Waals surface area contributed by atoms with E-state index in [1.54, 1.807) is 0 Å². The molecule has 2 aromatic heterocycles. The Bertz CT molecular complexity index is 1340. The quantitative estimate of drug-likeness (QED) is 0.532. The second-order valence-electron chi connectivity index (χ2n) is 7.49. The van der Waals surface area contributed by atoms with Gasteiger partial charge in [-0.25, -0.2) is 4.98 Å². The summed E-state index contributed by atoms with van der Waals surface area (Å²) >= 11 is 0. The van der Waals surface area contributed by atoms with Crippen molar-refractivity contribution in [3.63, 3.8) is 0 Å². The molecule has 3 heterocycles. The molecule has 0 aliphatic carbocycles. The zero-order valence-corrected chi connectivity index (χ0v) is 16.5. The summed E-state index contributed by atoms with van der Waals surface area (Å²) in [6, 6.07) is 15.7. The van der Waals surface area contributed by atoms with Gasteiger partial charge in [-0.2, -0.15) is 0 Å². The van der Waals surface area contributed by atoms with E-state index in [9.17, 15) is 14.4 Å². The van der Waals surface area contributed by atoms with Crippen molar-refractivity contribution in [3.8, 4) is 0 Å². The molecule has 1 saturated heterocycles. The van der Waals surface area contributed by atoms with Gasteiger partial charge < -0.3 is 5.32 Å². The molecule has 4 aromatic rings. The van der Waals surface area contributed by atoms with Crippen LogP contribution in [0, 0.1) is 6.92 Å². The van der Waals surface area contributed by atoms with Crippen LogP contribution in [-0.2, 0) is 14.4 Å². The van der Waals surface area contributed by atoms with Gasteiger partial charge in [0, 0.05) is 36.6 Å². The maximum Gasteiger partial charge on any atom is 0.229 e. The van der Waals surface area contributed by atoms with E-state index in [1.807, 2.05) is 55.5 Å². The van der Waals surface area contributed by atoms with Crippen molar-refractivity contribution < 1.29 is 14.4 Å². The van der Waals surface area contributed by atoms with Crippen LogP contribution < -0.4 is 5.32 Å². The molecule has 7 nitrogen and oxygen atoms in total. The minimum Gasteiger partial charge on any atom is -0.324 e. The van der Waals surface area contributed by atoms with E-state index in [4.69, 9.17) is 4.98 Å². The van der Waals surface area contributed by atoms with Crippen LogP contribution in [0.3, 0.4) is 0 Å². The summed E-state index contributed by atoms with van der Waals surface area (Å²) in [5.74, 6) is 0.175. The van der Waals surface area contributed by atoms with Crippen LogP contribution in [0.25, 0.3) is 27.3 Å². The monoisotopic (exact) mass is 400 g/mol. The molecule has 0 bridgehead atoms. The van der Waals surface area contributed by atoms with Crippen molar-refractivity contribution in [1.82, 2.24) is 14.3 Å². The highest BCUT2D eigenvalue weighted by Gasteiger charge is 2.29. The van der Waals surface area contributed by atoms with E-state index in [0.29, 0.717) is 0 Å². The van der Waals surface area contributed by atoms with Crippen molar-refractivity contribution in [1.29, 1.82) is 0 Å². The maximum atomic E-state index is 12.8. The van der Waals surface area contributed by atoms with Crippen LogP contribution in [0.5, 0.6) is 0 Å². The highest BCUT2D eigenvalue weighted by Crippen LogP contribution is 2.36. The van der Waals surface area contributed by atoms with Crippen molar-refractivity contribution in [2.24, 2.45) is 0 Å². The molecule has 3 amide bonds. The molecule has 7 heteroatoms. The summed E-state index contributed by atoms with van der Waals surface area (Å²) < 4.78 is 2.06. The SMILES string of the molecule is Cc1nc2ccccc2c2c(NC(=O)CCN3C(=O)CCC3=O)c3ccccc3n12. The second kappa shape index (κ2) is 6.95. The number of carbonyl (C=O) groups excluding carboxylic acids is 3. The van der Waals surface area contributed by atoms with Crippen molar-refractivity contribution in [2.45, 2.75) is 26.2 Å². The molecule has 0 atom stereocenters. The average molecular weight is 400 g/mol. The Hall–Kier alpha value is -3.74. The molecular weight excluding hydrogens is 380 g/mol. The Morgan fingerprint density at radius 1 is 1.00 bits per heavy atom. The number of fused-ring (bicyclic) bond motifs is 5. The maximum absolute atomic E-state index is 12.8. The lowest BCUT2D eigenvalue weighted by Gasteiger charge is -2.13. The molecule has 0 radical (unpaired) electrons. The van der Waals surface area contributed by atoms with Gasteiger partial charge in [0.1, 0.15) is 5.82 Å².